The molecule has 1 fully saturated rings. The number of hydrogen-bond acceptors (Lipinski definition) is 5. The van der Waals surface area contributed by atoms with Gasteiger partial charge in [-0.1, -0.05) is 12.1 Å². The first kappa shape index (κ1) is 22.3. The van der Waals surface area contributed by atoms with Gasteiger partial charge in [0.1, 0.15) is 0 Å². The van der Waals surface area contributed by atoms with Gasteiger partial charge in [-0.25, -0.2) is 10.9 Å². The maximum Gasteiger partial charge on any atom is 0.227 e. The van der Waals surface area contributed by atoms with Gasteiger partial charge in [-0.3, -0.25) is 15.6 Å². The fraction of sp³-hybridized carbons (Fsp3) is 0.500. The van der Waals surface area contributed by atoms with Crippen LogP contribution in [0.15, 0.2) is 24.3 Å². The van der Waals surface area contributed by atoms with Crippen molar-refractivity contribution in [1.82, 2.24) is 32.3 Å². The van der Waals surface area contributed by atoms with E-state index >= 15 is 0 Å². The smallest absolute Gasteiger partial charge is 0.227 e. The molecular formula is C18H29N7OS2. The first-order chi connectivity index (χ1) is 13.5. The molecule has 1 aromatic carbocycles. The van der Waals surface area contributed by atoms with Crippen molar-refractivity contribution in [2.75, 3.05) is 31.1 Å². The molecule has 1 unspecified atom stereocenters. The Kier molecular flexibility index (Phi) is 9.35. The van der Waals surface area contributed by atoms with Gasteiger partial charge in [0.2, 0.25) is 5.91 Å². The summed E-state index contributed by atoms with van der Waals surface area (Å²) in [6.07, 6.45) is 1.54. The molecular weight excluding hydrogens is 394 g/mol. The molecule has 0 bridgehead atoms. The molecule has 0 radical (unpaired) electrons. The summed E-state index contributed by atoms with van der Waals surface area (Å²) in [6, 6.07) is 7.90. The number of hydrazine groups is 2. The number of amides is 1. The number of carbonyl (C=O) groups is 1. The van der Waals surface area contributed by atoms with Gasteiger partial charge in [-0.2, -0.15) is 0 Å². The van der Waals surface area contributed by atoms with Gasteiger partial charge in [-0.15, -0.1) is 0 Å². The molecule has 6 N–H and O–H groups in total. The van der Waals surface area contributed by atoms with E-state index in [2.05, 4.69) is 32.3 Å². The van der Waals surface area contributed by atoms with Crippen LogP contribution in [0.1, 0.15) is 38.3 Å². The second-order valence-electron chi connectivity index (χ2n) is 6.29. The monoisotopic (exact) mass is 423 g/mol. The molecule has 1 atom stereocenters. The highest BCUT2D eigenvalue weighted by Crippen LogP contribution is 2.23. The highest BCUT2D eigenvalue weighted by molar-refractivity contribution is 7.80. The third kappa shape index (κ3) is 6.86. The van der Waals surface area contributed by atoms with E-state index < -0.39 is 0 Å². The zero-order valence-electron chi connectivity index (χ0n) is 16.3. The van der Waals surface area contributed by atoms with Gasteiger partial charge in [0.25, 0.3) is 0 Å². The quantitative estimate of drug-likeness (QED) is 0.255. The van der Waals surface area contributed by atoms with Crippen molar-refractivity contribution in [3.63, 3.8) is 0 Å². The molecule has 1 aromatic rings. The van der Waals surface area contributed by atoms with Crippen molar-refractivity contribution in [3.8, 4) is 0 Å². The summed E-state index contributed by atoms with van der Waals surface area (Å²) in [5, 5.41) is 7.14. The molecule has 1 aliphatic rings. The number of benzene rings is 1. The number of rotatable bonds is 9. The molecule has 0 spiro atoms. The van der Waals surface area contributed by atoms with Crippen LogP contribution in [0, 0.1) is 0 Å². The Morgan fingerprint density at radius 2 is 1.71 bits per heavy atom. The minimum atomic E-state index is -0.0862. The van der Waals surface area contributed by atoms with E-state index in [4.69, 9.17) is 24.4 Å². The number of nitrogens with one attached hydrogen (secondary N) is 6. The van der Waals surface area contributed by atoms with E-state index in [1.54, 1.807) is 0 Å². The summed E-state index contributed by atoms with van der Waals surface area (Å²) in [5.41, 5.74) is 14.3. The molecule has 2 rings (SSSR count). The first-order valence-electron chi connectivity index (χ1n) is 9.51. The van der Waals surface area contributed by atoms with Crippen LogP contribution in [0.25, 0.3) is 0 Å². The van der Waals surface area contributed by atoms with E-state index in [1.165, 1.54) is 0 Å². The lowest BCUT2D eigenvalue weighted by atomic mass is 10.1. The van der Waals surface area contributed by atoms with Gasteiger partial charge in [-0.05, 0) is 62.4 Å². The summed E-state index contributed by atoms with van der Waals surface area (Å²) in [5.74, 6) is 0.183. The van der Waals surface area contributed by atoms with Gasteiger partial charge in [0, 0.05) is 38.3 Å². The van der Waals surface area contributed by atoms with Crippen molar-refractivity contribution in [2.24, 2.45) is 0 Å². The third-order valence-corrected chi connectivity index (χ3v) is 4.72. The maximum absolute atomic E-state index is 11.9. The average molecular weight is 424 g/mol. The van der Waals surface area contributed by atoms with E-state index in [1.807, 2.05) is 43.0 Å². The lowest BCUT2D eigenvalue weighted by Crippen LogP contribution is -2.51. The molecule has 1 saturated heterocycles. The van der Waals surface area contributed by atoms with Crippen molar-refractivity contribution < 1.29 is 4.79 Å². The topological polar surface area (TPSA) is 92.5 Å². The highest BCUT2D eigenvalue weighted by atomic mass is 32.1. The van der Waals surface area contributed by atoms with Crippen LogP contribution in [0.5, 0.6) is 0 Å². The van der Waals surface area contributed by atoms with Crippen molar-refractivity contribution in [3.05, 3.63) is 29.8 Å². The number of anilines is 1. The molecule has 1 aliphatic heterocycles. The molecule has 154 valence electrons. The average Bonchev–Trinajstić information content (AvgIpc) is 3.11. The number of nitrogens with zero attached hydrogens (tertiary/aromatic N) is 1. The Morgan fingerprint density at radius 3 is 2.29 bits per heavy atom. The van der Waals surface area contributed by atoms with Crippen LogP contribution < -0.4 is 37.2 Å². The molecule has 8 nitrogen and oxygen atoms in total. The van der Waals surface area contributed by atoms with E-state index in [-0.39, 0.29) is 11.9 Å². The third-order valence-electron chi connectivity index (χ3n) is 4.22. The summed E-state index contributed by atoms with van der Waals surface area (Å²) < 4.78 is 0. The predicted octanol–water partition coefficient (Wildman–Crippen LogP) is 0.832. The largest absolute Gasteiger partial charge is 0.362 e. The molecule has 1 amide bonds. The highest BCUT2D eigenvalue weighted by Gasteiger charge is 2.22. The Labute approximate surface area is 177 Å². The number of carbonyl (C=O) groups excluding carboxylic acids is 1. The van der Waals surface area contributed by atoms with Crippen molar-refractivity contribution >= 4 is 46.3 Å². The molecule has 0 aromatic heterocycles. The minimum absolute atomic E-state index is 0.0862. The minimum Gasteiger partial charge on any atom is -0.362 e. The fourth-order valence-electron chi connectivity index (χ4n) is 2.86. The molecule has 28 heavy (non-hydrogen) atoms. The fourth-order valence-corrected chi connectivity index (χ4v) is 3.28. The van der Waals surface area contributed by atoms with Gasteiger partial charge in [0.15, 0.2) is 10.2 Å². The SMILES string of the molecule is CCNC(=S)NNCC(NNC(=S)NCC)c1ccc(N2CCCC2=O)cc1. The second kappa shape index (κ2) is 11.7. The first-order valence-corrected chi connectivity index (χ1v) is 10.3. The molecule has 1 heterocycles. The van der Waals surface area contributed by atoms with Crippen LogP contribution in [0.4, 0.5) is 5.69 Å². The number of thiocarbonyl (C=S) groups is 2. The van der Waals surface area contributed by atoms with Crippen LogP contribution >= 0.6 is 24.4 Å². The van der Waals surface area contributed by atoms with Gasteiger partial charge >= 0.3 is 0 Å². The Bertz CT molecular complexity index is 668. The summed E-state index contributed by atoms with van der Waals surface area (Å²) in [6.45, 7) is 6.80. The zero-order valence-corrected chi connectivity index (χ0v) is 17.9. The summed E-state index contributed by atoms with van der Waals surface area (Å²) in [7, 11) is 0. The Hall–Kier alpha value is -2.01. The predicted molar refractivity (Wildman–Crippen MR) is 121 cm³/mol. The van der Waals surface area contributed by atoms with E-state index in [0.717, 1.165) is 37.3 Å². The van der Waals surface area contributed by atoms with Crippen LogP contribution in [0.2, 0.25) is 0 Å². The molecule has 0 saturated carbocycles. The van der Waals surface area contributed by atoms with Crippen LogP contribution in [-0.4, -0.2) is 42.3 Å². The number of hydrogen-bond donors (Lipinski definition) is 6. The summed E-state index contributed by atoms with van der Waals surface area (Å²) >= 11 is 10.4. The van der Waals surface area contributed by atoms with Crippen LogP contribution in [-0.2, 0) is 4.79 Å². The van der Waals surface area contributed by atoms with Crippen molar-refractivity contribution in [2.45, 2.75) is 32.7 Å². The lowest BCUT2D eigenvalue weighted by molar-refractivity contribution is -0.117. The maximum atomic E-state index is 11.9. The summed E-state index contributed by atoms with van der Waals surface area (Å²) in [4.78, 5) is 13.8. The molecule has 10 heteroatoms. The van der Waals surface area contributed by atoms with Gasteiger partial charge in [0.05, 0.1) is 6.04 Å². The normalized spacial score (nSPS) is 14.5. The lowest BCUT2D eigenvalue weighted by Gasteiger charge is -2.23. The van der Waals surface area contributed by atoms with E-state index in [9.17, 15) is 4.79 Å². The Balaban J connectivity index is 2.00. The van der Waals surface area contributed by atoms with Crippen LogP contribution in [0.3, 0.4) is 0 Å². The van der Waals surface area contributed by atoms with E-state index in [0.29, 0.717) is 23.2 Å². The zero-order chi connectivity index (χ0) is 20.4. The molecule has 0 aliphatic carbocycles. The van der Waals surface area contributed by atoms with Gasteiger partial charge < -0.3 is 15.5 Å². The Morgan fingerprint density at radius 1 is 1.07 bits per heavy atom. The van der Waals surface area contributed by atoms with Crippen molar-refractivity contribution in [1.29, 1.82) is 0 Å². The standard InChI is InChI=1S/C18H29N7OS2/c1-3-19-17(27)23-21-12-15(22-24-18(28)20-4-2)13-7-9-14(10-8-13)25-11-5-6-16(25)26/h7-10,15,21-22H,3-6,11-12H2,1-2H3,(H2,19,23,27)(H2,20,24,28). The second-order valence-corrected chi connectivity index (χ2v) is 7.10.